The smallest absolute Gasteiger partial charge is 0.255 e. The number of anilines is 2. The van der Waals surface area contributed by atoms with E-state index in [4.69, 9.17) is 0 Å². The van der Waals surface area contributed by atoms with Gasteiger partial charge in [0, 0.05) is 25.3 Å². The second-order valence-electron chi connectivity index (χ2n) is 6.21. The summed E-state index contributed by atoms with van der Waals surface area (Å²) in [6.45, 7) is 1.79. The number of rotatable bonds is 4. The third-order valence-electron chi connectivity index (χ3n) is 4.55. The number of hydrogen-bond acceptors (Lipinski definition) is 3. The van der Waals surface area contributed by atoms with Crippen molar-refractivity contribution in [1.82, 2.24) is 0 Å². The van der Waals surface area contributed by atoms with Crippen LogP contribution in [0.1, 0.15) is 23.2 Å². The third-order valence-corrected chi connectivity index (χ3v) is 4.55. The number of carbonyl (C=O) groups excluding carboxylic acids is 1. The van der Waals surface area contributed by atoms with Crippen LogP contribution in [0.4, 0.5) is 20.2 Å². The zero-order chi connectivity index (χ0) is 17.8. The Morgan fingerprint density at radius 2 is 1.84 bits per heavy atom. The zero-order valence-electron chi connectivity index (χ0n) is 13.7. The molecular formula is C19H20F2N2O2. The van der Waals surface area contributed by atoms with E-state index in [1.165, 1.54) is 6.07 Å². The van der Waals surface area contributed by atoms with E-state index < -0.39 is 17.5 Å². The lowest BCUT2D eigenvalue weighted by molar-refractivity contribution is 0.102. The molecule has 6 heteroatoms. The molecule has 0 saturated carbocycles. The molecule has 1 fully saturated rings. The van der Waals surface area contributed by atoms with Crippen LogP contribution >= 0.6 is 0 Å². The van der Waals surface area contributed by atoms with Crippen molar-refractivity contribution in [2.45, 2.75) is 12.8 Å². The van der Waals surface area contributed by atoms with Crippen LogP contribution in [0.3, 0.4) is 0 Å². The molecule has 0 aromatic heterocycles. The zero-order valence-corrected chi connectivity index (χ0v) is 13.7. The van der Waals surface area contributed by atoms with Crippen LogP contribution in [-0.4, -0.2) is 30.7 Å². The normalized spacial score (nSPS) is 15.2. The number of carbonyl (C=O) groups is 1. The van der Waals surface area contributed by atoms with Gasteiger partial charge in [-0.3, -0.25) is 4.79 Å². The fraction of sp³-hybridized carbons (Fsp3) is 0.316. The Kier molecular flexibility index (Phi) is 5.28. The summed E-state index contributed by atoms with van der Waals surface area (Å²) in [5, 5.41) is 12.0. The Hall–Kier alpha value is -2.47. The van der Waals surface area contributed by atoms with Crippen molar-refractivity contribution in [3.63, 3.8) is 0 Å². The topological polar surface area (TPSA) is 52.6 Å². The lowest BCUT2D eigenvalue weighted by Gasteiger charge is -2.34. The number of para-hydroxylation sites is 2. The van der Waals surface area contributed by atoms with Crippen LogP contribution in [0.25, 0.3) is 0 Å². The average Bonchev–Trinajstić information content (AvgIpc) is 2.64. The summed E-state index contributed by atoms with van der Waals surface area (Å²) >= 11 is 0. The van der Waals surface area contributed by atoms with E-state index in [1.54, 1.807) is 6.07 Å². The first-order chi connectivity index (χ1) is 12.1. The van der Waals surface area contributed by atoms with Gasteiger partial charge >= 0.3 is 0 Å². The lowest BCUT2D eigenvalue weighted by atomic mass is 9.97. The van der Waals surface area contributed by atoms with Gasteiger partial charge in [0.05, 0.1) is 11.4 Å². The van der Waals surface area contributed by atoms with E-state index >= 15 is 0 Å². The lowest BCUT2D eigenvalue weighted by Crippen LogP contribution is -2.35. The molecule has 3 rings (SSSR count). The number of hydrogen-bond donors (Lipinski definition) is 2. The first kappa shape index (κ1) is 17.4. The minimum atomic E-state index is -1.05. The molecule has 0 atom stereocenters. The van der Waals surface area contributed by atoms with Crippen molar-refractivity contribution in [2.24, 2.45) is 5.92 Å². The minimum absolute atomic E-state index is 0.0627. The van der Waals surface area contributed by atoms with Crippen LogP contribution in [-0.2, 0) is 0 Å². The Morgan fingerprint density at radius 1 is 1.12 bits per heavy atom. The summed E-state index contributed by atoms with van der Waals surface area (Å²) in [4.78, 5) is 14.5. The first-order valence-corrected chi connectivity index (χ1v) is 8.29. The van der Waals surface area contributed by atoms with Crippen molar-refractivity contribution in [1.29, 1.82) is 0 Å². The third kappa shape index (κ3) is 3.96. The number of nitrogens with one attached hydrogen (secondary N) is 1. The van der Waals surface area contributed by atoms with E-state index in [0.29, 0.717) is 11.6 Å². The number of piperidine rings is 1. The molecule has 4 nitrogen and oxygen atoms in total. The highest BCUT2D eigenvalue weighted by Crippen LogP contribution is 2.30. The van der Waals surface area contributed by atoms with Gasteiger partial charge in [0.2, 0.25) is 0 Å². The summed E-state index contributed by atoms with van der Waals surface area (Å²) in [6, 6.07) is 10.5. The SMILES string of the molecule is O=C(Nc1ccccc1N1CCC(CO)CC1)c1ccc(F)c(F)c1. The van der Waals surface area contributed by atoms with Crippen molar-refractivity contribution >= 4 is 17.3 Å². The molecule has 0 unspecified atom stereocenters. The quantitative estimate of drug-likeness (QED) is 0.892. The maximum Gasteiger partial charge on any atom is 0.255 e. The molecule has 0 aliphatic carbocycles. The molecule has 132 valence electrons. The number of aliphatic hydroxyl groups excluding tert-OH is 1. The summed E-state index contributed by atoms with van der Waals surface area (Å²) < 4.78 is 26.4. The molecule has 1 aliphatic rings. The molecule has 1 heterocycles. The van der Waals surface area contributed by atoms with E-state index in [9.17, 15) is 18.7 Å². The predicted octanol–water partition coefficient (Wildman–Crippen LogP) is 3.43. The minimum Gasteiger partial charge on any atom is -0.396 e. The Morgan fingerprint density at radius 3 is 2.52 bits per heavy atom. The predicted molar refractivity (Wildman–Crippen MR) is 92.8 cm³/mol. The van der Waals surface area contributed by atoms with E-state index in [2.05, 4.69) is 10.2 Å². The fourth-order valence-corrected chi connectivity index (χ4v) is 3.04. The first-order valence-electron chi connectivity index (χ1n) is 8.29. The van der Waals surface area contributed by atoms with Gasteiger partial charge < -0.3 is 15.3 Å². The second kappa shape index (κ2) is 7.61. The Labute approximate surface area is 145 Å². The van der Waals surface area contributed by atoms with Crippen LogP contribution in [0.2, 0.25) is 0 Å². The average molecular weight is 346 g/mol. The standard InChI is InChI=1S/C19H20F2N2O2/c20-15-6-5-14(11-16(15)21)19(25)22-17-3-1-2-4-18(17)23-9-7-13(12-24)8-10-23/h1-6,11,13,24H,7-10,12H2,(H,22,25). The van der Waals surface area contributed by atoms with Crippen molar-refractivity contribution in [3.05, 3.63) is 59.7 Å². The maximum atomic E-state index is 13.3. The van der Waals surface area contributed by atoms with Crippen LogP contribution in [0.15, 0.2) is 42.5 Å². The largest absolute Gasteiger partial charge is 0.396 e. The van der Waals surface area contributed by atoms with Gasteiger partial charge in [-0.15, -0.1) is 0 Å². The summed E-state index contributed by atoms with van der Waals surface area (Å²) in [7, 11) is 0. The van der Waals surface area contributed by atoms with Crippen molar-refractivity contribution < 1.29 is 18.7 Å². The molecule has 2 aromatic rings. The van der Waals surface area contributed by atoms with Crippen LogP contribution < -0.4 is 10.2 Å². The van der Waals surface area contributed by atoms with Gasteiger partial charge in [0.15, 0.2) is 11.6 Å². The van der Waals surface area contributed by atoms with E-state index in [0.717, 1.165) is 43.8 Å². The van der Waals surface area contributed by atoms with E-state index in [1.807, 2.05) is 18.2 Å². The monoisotopic (exact) mass is 346 g/mol. The summed E-state index contributed by atoms with van der Waals surface area (Å²) in [6.07, 6.45) is 1.78. The molecule has 1 aliphatic heterocycles. The van der Waals surface area contributed by atoms with Crippen molar-refractivity contribution in [3.8, 4) is 0 Å². The molecule has 0 bridgehead atoms. The second-order valence-corrected chi connectivity index (χ2v) is 6.21. The van der Waals surface area contributed by atoms with Crippen LogP contribution in [0, 0.1) is 17.6 Å². The Balaban J connectivity index is 1.77. The highest BCUT2D eigenvalue weighted by Gasteiger charge is 2.21. The van der Waals surface area contributed by atoms with Crippen molar-refractivity contribution in [2.75, 3.05) is 29.9 Å². The van der Waals surface area contributed by atoms with Gasteiger partial charge in [0.25, 0.3) is 5.91 Å². The molecule has 1 amide bonds. The maximum absolute atomic E-state index is 13.3. The summed E-state index contributed by atoms with van der Waals surface area (Å²) in [5.41, 5.74) is 1.57. The number of aliphatic hydroxyl groups is 1. The van der Waals surface area contributed by atoms with Gasteiger partial charge in [-0.05, 0) is 49.1 Å². The van der Waals surface area contributed by atoms with Gasteiger partial charge in [-0.1, -0.05) is 12.1 Å². The van der Waals surface area contributed by atoms with Gasteiger partial charge in [-0.25, -0.2) is 8.78 Å². The van der Waals surface area contributed by atoms with Crippen LogP contribution in [0.5, 0.6) is 0 Å². The molecule has 2 N–H and O–H groups in total. The molecule has 1 saturated heterocycles. The number of nitrogens with zero attached hydrogens (tertiary/aromatic N) is 1. The number of halogens is 2. The van der Waals surface area contributed by atoms with Gasteiger partial charge in [-0.2, -0.15) is 0 Å². The van der Waals surface area contributed by atoms with E-state index in [-0.39, 0.29) is 12.2 Å². The molecule has 2 aromatic carbocycles. The highest BCUT2D eigenvalue weighted by atomic mass is 19.2. The summed E-state index contributed by atoms with van der Waals surface area (Å²) in [5.74, 6) is -2.20. The van der Waals surface area contributed by atoms with Gasteiger partial charge in [0.1, 0.15) is 0 Å². The molecule has 0 spiro atoms. The number of benzene rings is 2. The molecule has 0 radical (unpaired) electrons. The fourth-order valence-electron chi connectivity index (χ4n) is 3.04. The highest BCUT2D eigenvalue weighted by molar-refractivity contribution is 6.05. The number of amides is 1. The molecular weight excluding hydrogens is 326 g/mol. The Bertz CT molecular complexity index is 759. The molecule has 25 heavy (non-hydrogen) atoms.